The van der Waals surface area contributed by atoms with Gasteiger partial charge >= 0.3 is 0 Å². The molecule has 6 rings (SSSR count). The van der Waals surface area contributed by atoms with Crippen LogP contribution < -0.4 is 5.32 Å². The molecule has 6 unspecified atom stereocenters. The van der Waals surface area contributed by atoms with Crippen molar-refractivity contribution in [2.45, 2.75) is 49.9 Å². The number of nitrogens with zero attached hydrogens (tertiary/aromatic N) is 3. The first-order valence-electron chi connectivity index (χ1n) is 7.95. The number of nitrogens with one attached hydrogen (secondary N) is 1. The van der Waals surface area contributed by atoms with Crippen molar-refractivity contribution in [3.05, 3.63) is 0 Å². The molecule has 0 saturated carbocycles. The van der Waals surface area contributed by atoms with Crippen molar-refractivity contribution in [2.24, 2.45) is 0 Å². The van der Waals surface area contributed by atoms with Crippen LogP contribution >= 0.6 is 22.9 Å². The number of halogens is 1. The van der Waals surface area contributed by atoms with Crippen LogP contribution in [0.5, 0.6) is 0 Å². The number of hydrogen-bond acceptors (Lipinski definition) is 4. The van der Waals surface area contributed by atoms with Gasteiger partial charge in [0.15, 0.2) is 0 Å². The van der Waals surface area contributed by atoms with E-state index in [2.05, 4.69) is 41.1 Å². The smallest absolute Gasteiger partial charge is 0.0267 e. The molecule has 5 heteroatoms. The summed E-state index contributed by atoms with van der Waals surface area (Å²) >= 11 is 2.56. The minimum Gasteiger partial charge on any atom is -0.313 e. The van der Waals surface area contributed by atoms with E-state index in [1.54, 1.807) is 0 Å². The molecular formula is C14H25IN4. The van der Waals surface area contributed by atoms with Crippen LogP contribution in [0, 0.1) is 0 Å². The molecule has 0 aromatic heterocycles. The van der Waals surface area contributed by atoms with Crippen molar-refractivity contribution in [3.63, 3.8) is 0 Å². The van der Waals surface area contributed by atoms with Gasteiger partial charge in [-0.1, -0.05) is 0 Å². The molecular weight excluding hydrogens is 351 g/mol. The Hall–Kier alpha value is 0.570. The molecule has 6 atom stereocenters. The van der Waals surface area contributed by atoms with Gasteiger partial charge in [0, 0.05) is 86.3 Å². The van der Waals surface area contributed by atoms with E-state index < -0.39 is 0 Å². The Kier molecular flexibility index (Phi) is 3.77. The topological polar surface area (TPSA) is 21.8 Å². The summed E-state index contributed by atoms with van der Waals surface area (Å²) < 4.78 is 2.58. The monoisotopic (exact) mass is 376 g/mol. The number of piperidine rings is 2. The van der Waals surface area contributed by atoms with Crippen molar-refractivity contribution in [3.8, 4) is 0 Å². The number of hydrogen-bond donors (Lipinski definition) is 1. The van der Waals surface area contributed by atoms with Gasteiger partial charge in [0.05, 0.1) is 0 Å². The molecule has 19 heavy (non-hydrogen) atoms. The highest BCUT2D eigenvalue weighted by Gasteiger charge is 2.43. The van der Waals surface area contributed by atoms with E-state index in [0.717, 1.165) is 24.2 Å². The van der Waals surface area contributed by atoms with Gasteiger partial charge in [-0.15, -0.1) is 0 Å². The summed E-state index contributed by atoms with van der Waals surface area (Å²) in [5.74, 6) is 0. The summed E-state index contributed by atoms with van der Waals surface area (Å²) in [5.41, 5.74) is 0. The molecule has 6 aliphatic heterocycles. The third-order valence-corrected chi connectivity index (χ3v) is 7.04. The maximum absolute atomic E-state index is 3.74. The molecule has 6 fully saturated rings. The van der Waals surface area contributed by atoms with Crippen molar-refractivity contribution in [1.82, 2.24) is 18.2 Å². The lowest BCUT2D eigenvalue weighted by Crippen LogP contribution is -2.57. The molecule has 0 aromatic carbocycles. The van der Waals surface area contributed by atoms with Gasteiger partial charge in [-0.25, -0.2) is 3.11 Å². The van der Waals surface area contributed by atoms with Crippen molar-refractivity contribution in [2.75, 3.05) is 39.3 Å². The van der Waals surface area contributed by atoms with Crippen LogP contribution in [0.4, 0.5) is 0 Å². The predicted octanol–water partition coefficient (Wildman–Crippen LogP) is 0.921. The fourth-order valence-corrected chi connectivity index (χ4v) is 5.41. The molecule has 0 radical (unpaired) electrons. The highest BCUT2D eigenvalue weighted by molar-refractivity contribution is 14.1. The van der Waals surface area contributed by atoms with Crippen LogP contribution in [-0.4, -0.2) is 76.3 Å². The minimum absolute atomic E-state index is 0.794. The van der Waals surface area contributed by atoms with Gasteiger partial charge in [0.25, 0.3) is 0 Å². The van der Waals surface area contributed by atoms with Gasteiger partial charge in [-0.2, -0.15) is 0 Å². The summed E-state index contributed by atoms with van der Waals surface area (Å²) in [6, 6.07) is 3.27. The minimum atomic E-state index is 0.794. The van der Waals surface area contributed by atoms with Crippen LogP contribution in [0.25, 0.3) is 0 Å². The lowest BCUT2D eigenvalue weighted by atomic mass is 9.86. The second-order valence-electron chi connectivity index (χ2n) is 6.68. The molecule has 108 valence electrons. The maximum atomic E-state index is 3.74. The summed E-state index contributed by atoms with van der Waals surface area (Å²) in [6.07, 6.45) is 5.53. The van der Waals surface area contributed by atoms with Crippen molar-refractivity contribution in [1.29, 1.82) is 0 Å². The van der Waals surface area contributed by atoms with Gasteiger partial charge in [0.1, 0.15) is 0 Å². The second-order valence-corrected chi connectivity index (χ2v) is 7.92. The summed E-state index contributed by atoms with van der Waals surface area (Å²) in [6.45, 7) is 7.67. The van der Waals surface area contributed by atoms with Gasteiger partial charge in [-0.3, -0.25) is 9.80 Å². The summed E-state index contributed by atoms with van der Waals surface area (Å²) in [5, 5.41) is 3.74. The predicted molar refractivity (Wildman–Crippen MR) is 85.5 cm³/mol. The average Bonchev–Trinajstić information content (AvgIpc) is 2.90. The zero-order chi connectivity index (χ0) is 12.8. The zero-order valence-corrected chi connectivity index (χ0v) is 13.8. The summed E-state index contributed by atoms with van der Waals surface area (Å²) in [4.78, 5) is 5.60. The third-order valence-electron chi connectivity index (χ3n) is 5.77. The lowest BCUT2D eigenvalue weighted by molar-refractivity contribution is 0.0397. The van der Waals surface area contributed by atoms with E-state index in [9.17, 15) is 0 Å². The van der Waals surface area contributed by atoms with Crippen LogP contribution in [0.1, 0.15) is 25.7 Å². The number of fused-ring (bicyclic) bond motifs is 9. The molecule has 0 aromatic rings. The molecule has 6 heterocycles. The molecule has 4 nitrogen and oxygen atoms in total. The summed E-state index contributed by atoms with van der Waals surface area (Å²) in [7, 11) is 0. The normalized spacial score (nSPS) is 51.0. The highest BCUT2D eigenvalue weighted by Crippen LogP contribution is 2.34. The third kappa shape index (κ3) is 2.46. The van der Waals surface area contributed by atoms with Gasteiger partial charge in [0.2, 0.25) is 0 Å². The Bertz CT molecular complexity index is 335. The lowest BCUT2D eigenvalue weighted by Gasteiger charge is -2.47. The Morgan fingerprint density at radius 1 is 0.842 bits per heavy atom. The van der Waals surface area contributed by atoms with E-state index in [-0.39, 0.29) is 0 Å². The first-order chi connectivity index (χ1) is 9.31. The largest absolute Gasteiger partial charge is 0.313 e. The first-order valence-corrected chi connectivity index (χ1v) is 8.91. The van der Waals surface area contributed by atoms with Crippen LogP contribution in [-0.2, 0) is 0 Å². The standard InChI is InChI=1S/C14H25IN4/c15-19-8-7-18-5-2-12(19)10-14(18)13-9-11-1-4-17(13)6-3-16-11/h11-14,16H,1-10H2. The van der Waals surface area contributed by atoms with E-state index in [4.69, 9.17) is 0 Å². The van der Waals surface area contributed by atoms with E-state index in [0.29, 0.717) is 0 Å². The molecule has 6 aliphatic rings. The molecule has 6 saturated heterocycles. The van der Waals surface area contributed by atoms with Crippen molar-refractivity contribution < 1.29 is 0 Å². The van der Waals surface area contributed by atoms with Crippen molar-refractivity contribution >= 4 is 22.9 Å². The average molecular weight is 376 g/mol. The quantitative estimate of drug-likeness (QED) is 0.543. The maximum Gasteiger partial charge on any atom is 0.0267 e. The first kappa shape index (κ1) is 13.2. The van der Waals surface area contributed by atoms with E-state index >= 15 is 0 Å². The Morgan fingerprint density at radius 3 is 2.58 bits per heavy atom. The van der Waals surface area contributed by atoms with E-state index in [1.807, 2.05) is 0 Å². The fourth-order valence-electron chi connectivity index (χ4n) is 4.69. The van der Waals surface area contributed by atoms with Crippen LogP contribution in [0.2, 0.25) is 0 Å². The molecule has 1 N–H and O–H groups in total. The van der Waals surface area contributed by atoms with E-state index in [1.165, 1.54) is 65.0 Å². The van der Waals surface area contributed by atoms with Crippen LogP contribution in [0.3, 0.4) is 0 Å². The van der Waals surface area contributed by atoms with Gasteiger partial charge < -0.3 is 5.32 Å². The Morgan fingerprint density at radius 2 is 1.63 bits per heavy atom. The fraction of sp³-hybridized carbons (Fsp3) is 1.00. The zero-order valence-electron chi connectivity index (χ0n) is 11.6. The van der Waals surface area contributed by atoms with Gasteiger partial charge in [-0.05, 0) is 25.7 Å². The highest BCUT2D eigenvalue weighted by atomic mass is 127. The SMILES string of the molecule is IN1CCN2CCC1CC2C1CC2CCN1CCN2. The number of rotatable bonds is 1. The second kappa shape index (κ2) is 5.40. The molecule has 4 bridgehead atoms. The molecule has 0 amide bonds. The van der Waals surface area contributed by atoms with Crippen LogP contribution in [0.15, 0.2) is 0 Å². The molecule has 0 aliphatic carbocycles. The Balaban J connectivity index is 1.55. The molecule has 0 spiro atoms. The Labute approximate surface area is 130 Å².